The molecule has 8 heteroatoms. The molecule has 0 aliphatic carbocycles. The van der Waals surface area contributed by atoms with Crippen LogP contribution >= 0.6 is 34.2 Å². The van der Waals surface area contributed by atoms with E-state index in [4.69, 9.17) is 16.3 Å². The highest BCUT2D eigenvalue weighted by molar-refractivity contribution is 14.1. The molecule has 2 N–H and O–H groups in total. The Morgan fingerprint density at radius 2 is 2.14 bits per heavy atom. The summed E-state index contributed by atoms with van der Waals surface area (Å²) in [5, 5.41) is 11.8. The number of hydrogen-bond acceptors (Lipinski definition) is 4. The van der Waals surface area contributed by atoms with Gasteiger partial charge in [0.1, 0.15) is 16.8 Å². The van der Waals surface area contributed by atoms with Crippen LogP contribution in [0.4, 0.5) is 4.79 Å². The largest absolute Gasteiger partial charge is 0.480 e. The van der Waals surface area contributed by atoms with Gasteiger partial charge in [-0.3, -0.25) is 0 Å². The summed E-state index contributed by atoms with van der Waals surface area (Å²) < 4.78 is 5.83. The Bertz CT molecular complexity index is 525. The number of carbonyl (C=O) groups excluding carboxylic acids is 1. The van der Waals surface area contributed by atoms with Crippen LogP contribution in [0.5, 0.6) is 0 Å². The first-order valence-electron chi connectivity index (χ1n) is 6.11. The molecule has 0 saturated carbocycles. The van der Waals surface area contributed by atoms with Crippen molar-refractivity contribution in [3.05, 3.63) is 26.5 Å². The van der Waals surface area contributed by atoms with E-state index >= 15 is 0 Å². The molecule has 0 aliphatic rings. The van der Waals surface area contributed by atoms with Crippen LogP contribution in [0.25, 0.3) is 0 Å². The molecule has 1 heterocycles. The Balaban J connectivity index is 2.84. The number of carboxylic acid groups (broad SMARTS) is 1. The number of amides is 1. The van der Waals surface area contributed by atoms with Crippen LogP contribution in [0.15, 0.2) is 12.3 Å². The molecule has 0 aromatic carbocycles. The molecule has 1 aromatic heterocycles. The smallest absolute Gasteiger partial charge is 0.408 e. The van der Waals surface area contributed by atoms with Gasteiger partial charge >= 0.3 is 12.1 Å². The second kappa shape index (κ2) is 7.26. The molecule has 1 atom stereocenters. The van der Waals surface area contributed by atoms with Crippen molar-refractivity contribution in [3.8, 4) is 0 Å². The van der Waals surface area contributed by atoms with Crippen molar-refractivity contribution in [3.63, 3.8) is 0 Å². The van der Waals surface area contributed by atoms with Crippen molar-refractivity contribution in [1.82, 2.24) is 10.3 Å². The summed E-state index contributed by atoms with van der Waals surface area (Å²) in [6.07, 6.45) is 0.773. The number of alkyl carbamates (subject to hydrolysis) is 1. The predicted octanol–water partition coefficient (Wildman–Crippen LogP) is 2.86. The summed E-state index contributed by atoms with van der Waals surface area (Å²) in [6, 6.07) is 0.573. The van der Waals surface area contributed by atoms with Gasteiger partial charge in [-0.15, -0.1) is 0 Å². The Morgan fingerprint density at radius 1 is 1.52 bits per heavy atom. The van der Waals surface area contributed by atoms with Crippen LogP contribution in [-0.2, 0) is 16.0 Å². The quantitative estimate of drug-likeness (QED) is 0.571. The molecule has 0 aliphatic heterocycles. The van der Waals surface area contributed by atoms with Gasteiger partial charge in [0, 0.05) is 21.8 Å². The molecule has 21 heavy (non-hydrogen) atoms. The molecule has 1 aromatic rings. The fourth-order valence-corrected chi connectivity index (χ4v) is 2.51. The number of carboxylic acids is 1. The third-order valence-corrected chi connectivity index (χ3v) is 3.68. The zero-order valence-corrected chi connectivity index (χ0v) is 14.7. The number of ether oxygens (including phenoxy) is 1. The van der Waals surface area contributed by atoms with Crippen LogP contribution in [0, 0.1) is 3.57 Å². The maximum Gasteiger partial charge on any atom is 0.408 e. The normalized spacial score (nSPS) is 12.6. The van der Waals surface area contributed by atoms with Crippen LogP contribution in [0.1, 0.15) is 26.3 Å². The number of carbonyl (C=O) groups is 2. The van der Waals surface area contributed by atoms with Crippen molar-refractivity contribution in [2.24, 2.45) is 0 Å². The highest BCUT2D eigenvalue weighted by Crippen LogP contribution is 2.21. The lowest BCUT2D eigenvalue weighted by molar-refractivity contribution is -0.139. The average molecular weight is 427 g/mol. The molecule has 0 radical (unpaired) electrons. The monoisotopic (exact) mass is 426 g/mol. The highest BCUT2D eigenvalue weighted by Gasteiger charge is 2.25. The second-order valence-electron chi connectivity index (χ2n) is 5.30. The Labute approximate surface area is 141 Å². The fourth-order valence-electron chi connectivity index (χ4n) is 1.48. The van der Waals surface area contributed by atoms with Crippen molar-refractivity contribution in [1.29, 1.82) is 0 Å². The summed E-state index contributed by atoms with van der Waals surface area (Å²) >= 11 is 8.01. The lowest BCUT2D eigenvalue weighted by atomic mass is 10.1. The highest BCUT2D eigenvalue weighted by atomic mass is 127. The summed E-state index contributed by atoms with van der Waals surface area (Å²) in [7, 11) is 0. The third-order valence-electron chi connectivity index (χ3n) is 2.34. The Hall–Kier alpha value is -1.09. The minimum atomic E-state index is -1.17. The molecular formula is C13H16ClIN2O4. The number of halogens is 2. The number of aliphatic carboxylic acids is 1. The van der Waals surface area contributed by atoms with Crippen molar-refractivity contribution in [2.75, 3.05) is 0 Å². The average Bonchev–Trinajstić information content (AvgIpc) is 2.29. The molecule has 0 fully saturated rings. The molecule has 0 bridgehead atoms. The third kappa shape index (κ3) is 6.04. The number of pyridine rings is 1. The lowest BCUT2D eigenvalue weighted by Gasteiger charge is -2.22. The molecule has 0 spiro atoms. The van der Waals surface area contributed by atoms with Crippen LogP contribution in [0.2, 0.25) is 5.15 Å². The fraction of sp³-hybridized carbons (Fsp3) is 0.462. The van der Waals surface area contributed by atoms with Gasteiger partial charge in [0.25, 0.3) is 0 Å². The second-order valence-corrected chi connectivity index (χ2v) is 6.82. The molecular weight excluding hydrogens is 411 g/mol. The zero-order valence-electron chi connectivity index (χ0n) is 11.8. The number of hydrogen-bond donors (Lipinski definition) is 2. The van der Waals surface area contributed by atoms with Crippen molar-refractivity contribution in [2.45, 2.75) is 38.8 Å². The SMILES string of the molecule is CC(C)(C)OC(=O)NC(Cc1c(I)ccnc1Cl)C(=O)O. The van der Waals surface area contributed by atoms with E-state index < -0.39 is 23.7 Å². The van der Waals surface area contributed by atoms with Crippen LogP contribution in [0.3, 0.4) is 0 Å². The van der Waals surface area contributed by atoms with Crippen molar-refractivity contribution >= 4 is 46.3 Å². The van der Waals surface area contributed by atoms with E-state index in [0.29, 0.717) is 5.56 Å². The van der Waals surface area contributed by atoms with Gasteiger partial charge < -0.3 is 15.2 Å². The molecule has 116 valence electrons. The van der Waals surface area contributed by atoms with Gasteiger partial charge in [0.2, 0.25) is 0 Å². The van der Waals surface area contributed by atoms with Crippen molar-refractivity contribution < 1.29 is 19.4 Å². The summed E-state index contributed by atoms with van der Waals surface area (Å²) in [5.41, 5.74) is -0.128. The molecule has 1 rings (SSSR count). The topological polar surface area (TPSA) is 88.5 Å². The summed E-state index contributed by atoms with van der Waals surface area (Å²) in [5.74, 6) is -1.17. The molecule has 6 nitrogen and oxygen atoms in total. The molecule has 1 unspecified atom stereocenters. The van der Waals surface area contributed by atoms with Gasteiger partial charge in [0.15, 0.2) is 0 Å². The van der Waals surface area contributed by atoms with E-state index in [2.05, 4.69) is 10.3 Å². The summed E-state index contributed by atoms with van der Waals surface area (Å²) in [6.45, 7) is 5.09. The number of nitrogens with zero attached hydrogens (tertiary/aromatic N) is 1. The number of nitrogens with one attached hydrogen (secondary N) is 1. The Kier molecular flexibility index (Phi) is 6.21. The standard InChI is InChI=1S/C13H16ClIN2O4/c1-13(2,3)21-12(20)17-9(11(18)19)6-7-8(15)4-5-16-10(7)14/h4-5,9H,6H2,1-3H3,(H,17,20)(H,18,19). The maximum absolute atomic E-state index is 11.7. The Morgan fingerprint density at radius 3 is 2.62 bits per heavy atom. The van der Waals surface area contributed by atoms with E-state index in [1.165, 1.54) is 6.20 Å². The number of aromatic nitrogens is 1. The van der Waals surface area contributed by atoms with Gasteiger partial charge in [0.05, 0.1) is 0 Å². The lowest BCUT2D eigenvalue weighted by Crippen LogP contribution is -2.44. The minimum absolute atomic E-state index is 0.0273. The summed E-state index contributed by atoms with van der Waals surface area (Å²) in [4.78, 5) is 26.9. The minimum Gasteiger partial charge on any atom is -0.480 e. The predicted molar refractivity (Wildman–Crippen MR) is 86.5 cm³/mol. The first-order valence-corrected chi connectivity index (χ1v) is 7.57. The first kappa shape index (κ1) is 18.0. The number of rotatable bonds is 4. The van der Waals surface area contributed by atoms with E-state index in [0.717, 1.165) is 3.57 Å². The van der Waals surface area contributed by atoms with E-state index in [1.807, 2.05) is 22.6 Å². The maximum atomic E-state index is 11.7. The van der Waals surface area contributed by atoms with E-state index in [9.17, 15) is 14.7 Å². The van der Waals surface area contributed by atoms with E-state index in [1.54, 1.807) is 26.8 Å². The van der Waals surface area contributed by atoms with Crippen LogP contribution < -0.4 is 5.32 Å². The zero-order chi connectivity index (χ0) is 16.2. The first-order chi connectivity index (χ1) is 9.60. The van der Waals surface area contributed by atoms with Gasteiger partial charge in [-0.2, -0.15) is 0 Å². The van der Waals surface area contributed by atoms with Gasteiger partial charge in [-0.1, -0.05) is 11.6 Å². The van der Waals surface area contributed by atoms with E-state index in [-0.39, 0.29) is 11.6 Å². The molecule has 1 amide bonds. The molecule has 0 saturated heterocycles. The van der Waals surface area contributed by atoms with Gasteiger partial charge in [-0.05, 0) is 49.4 Å². The van der Waals surface area contributed by atoms with Crippen LogP contribution in [-0.4, -0.2) is 33.8 Å². The van der Waals surface area contributed by atoms with Gasteiger partial charge in [-0.25, -0.2) is 14.6 Å².